The van der Waals surface area contributed by atoms with E-state index in [1.54, 1.807) is 36.2 Å². The topological polar surface area (TPSA) is 49.0 Å². The Hall–Kier alpha value is -2.33. The van der Waals surface area contributed by atoms with E-state index in [9.17, 15) is 4.79 Å². The van der Waals surface area contributed by atoms with Crippen molar-refractivity contribution in [3.05, 3.63) is 58.9 Å². The Kier molecular flexibility index (Phi) is 3.39. The van der Waals surface area contributed by atoms with E-state index in [1.807, 2.05) is 25.1 Å². The van der Waals surface area contributed by atoms with Crippen LogP contribution in [0.5, 0.6) is 0 Å². The number of hydrogen-bond acceptors (Lipinski definition) is 2. The second-order valence-electron chi connectivity index (χ2n) is 4.90. The van der Waals surface area contributed by atoms with E-state index in [4.69, 9.17) is 11.6 Å². The standard InChI is InChI=1S/C16H14ClN3O/c1-10-18-14-7-6-13(9-15(14)19-10)20(2)16(21)11-4-3-5-12(17)8-11/h3-9H,1-2H3,(H,18,19). The van der Waals surface area contributed by atoms with Gasteiger partial charge in [0.2, 0.25) is 0 Å². The number of nitrogens with zero attached hydrogens (tertiary/aromatic N) is 2. The van der Waals surface area contributed by atoms with Crippen molar-refractivity contribution in [3.63, 3.8) is 0 Å². The molecule has 0 radical (unpaired) electrons. The fraction of sp³-hybridized carbons (Fsp3) is 0.125. The molecule has 4 nitrogen and oxygen atoms in total. The maximum absolute atomic E-state index is 12.5. The lowest BCUT2D eigenvalue weighted by Crippen LogP contribution is -2.26. The highest BCUT2D eigenvalue weighted by Crippen LogP contribution is 2.22. The highest BCUT2D eigenvalue weighted by Gasteiger charge is 2.14. The van der Waals surface area contributed by atoms with Gasteiger partial charge in [-0.2, -0.15) is 0 Å². The van der Waals surface area contributed by atoms with Gasteiger partial charge < -0.3 is 9.88 Å². The molecule has 0 saturated heterocycles. The average molecular weight is 300 g/mol. The summed E-state index contributed by atoms with van der Waals surface area (Å²) in [6.07, 6.45) is 0. The van der Waals surface area contributed by atoms with Crippen LogP contribution in [0.3, 0.4) is 0 Å². The van der Waals surface area contributed by atoms with Gasteiger partial charge in [-0.3, -0.25) is 4.79 Å². The first-order chi connectivity index (χ1) is 10.0. The molecule has 0 aliphatic rings. The van der Waals surface area contributed by atoms with Crippen LogP contribution in [-0.2, 0) is 0 Å². The minimum absolute atomic E-state index is 0.104. The SMILES string of the molecule is Cc1nc2ccc(N(C)C(=O)c3cccc(Cl)c3)cc2[nH]1. The summed E-state index contributed by atoms with van der Waals surface area (Å²) in [5, 5.41) is 0.550. The molecular weight excluding hydrogens is 286 g/mol. The second kappa shape index (κ2) is 5.22. The first-order valence-corrected chi connectivity index (χ1v) is 6.92. The van der Waals surface area contributed by atoms with Crippen LogP contribution in [0.2, 0.25) is 5.02 Å². The van der Waals surface area contributed by atoms with Gasteiger partial charge in [0.15, 0.2) is 0 Å². The molecule has 106 valence electrons. The summed E-state index contributed by atoms with van der Waals surface area (Å²) in [6, 6.07) is 12.6. The Balaban J connectivity index is 1.95. The van der Waals surface area contributed by atoms with Crippen molar-refractivity contribution in [1.29, 1.82) is 0 Å². The number of hydrogen-bond donors (Lipinski definition) is 1. The van der Waals surface area contributed by atoms with Crippen LogP contribution in [0.1, 0.15) is 16.2 Å². The molecular formula is C16H14ClN3O. The highest BCUT2D eigenvalue weighted by atomic mass is 35.5. The summed E-state index contributed by atoms with van der Waals surface area (Å²) in [5.74, 6) is 0.749. The van der Waals surface area contributed by atoms with Crippen molar-refractivity contribution in [1.82, 2.24) is 9.97 Å². The first kappa shape index (κ1) is 13.6. The molecule has 1 aromatic heterocycles. The fourth-order valence-corrected chi connectivity index (χ4v) is 2.46. The predicted octanol–water partition coefficient (Wildman–Crippen LogP) is 3.80. The number of carbonyl (C=O) groups excluding carboxylic acids is 1. The molecule has 3 rings (SSSR count). The van der Waals surface area contributed by atoms with E-state index >= 15 is 0 Å². The largest absolute Gasteiger partial charge is 0.342 e. The molecule has 0 unspecified atom stereocenters. The summed E-state index contributed by atoms with van der Waals surface area (Å²) in [4.78, 5) is 21.6. The second-order valence-corrected chi connectivity index (χ2v) is 5.33. The van der Waals surface area contributed by atoms with Gasteiger partial charge in [0.05, 0.1) is 11.0 Å². The molecule has 3 aromatic rings. The van der Waals surface area contributed by atoms with Crippen LogP contribution in [-0.4, -0.2) is 22.9 Å². The molecule has 0 aliphatic carbocycles. The number of fused-ring (bicyclic) bond motifs is 1. The summed E-state index contributed by atoms with van der Waals surface area (Å²) in [6.45, 7) is 1.90. The summed E-state index contributed by atoms with van der Waals surface area (Å²) in [7, 11) is 1.74. The van der Waals surface area contributed by atoms with Crippen LogP contribution < -0.4 is 4.90 Å². The first-order valence-electron chi connectivity index (χ1n) is 6.54. The average Bonchev–Trinajstić information content (AvgIpc) is 2.84. The number of imidazole rings is 1. The minimum atomic E-state index is -0.104. The lowest BCUT2D eigenvalue weighted by atomic mass is 10.2. The molecule has 2 aromatic carbocycles. The molecule has 0 saturated carbocycles. The number of carbonyl (C=O) groups is 1. The van der Waals surface area contributed by atoms with E-state index in [1.165, 1.54) is 0 Å². The summed E-state index contributed by atoms with van der Waals surface area (Å²) >= 11 is 5.94. The number of amides is 1. The number of aryl methyl sites for hydroxylation is 1. The van der Waals surface area contributed by atoms with E-state index in [-0.39, 0.29) is 5.91 Å². The molecule has 0 atom stereocenters. The normalized spacial score (nSPS) is 10.8. The van der Waals surface area contributed by atoms with E-state index in [2.05, 4.69) is 9.97 Å². The van der Waals surface area contributed by atoms with Gasteiger partial charge >= 0.3 is 0 Å². The molecule has 0 fully saturated rings. The summed E-state index contributed by atoms with van der Waals surface area (Å²) < 4.78 is 0. The maximum Gasteiger partial charge on any atom is 0.258 e. The maximum atomic E-state index is 12.5. The van der Waals surface area contributed by atoms with Crippen LogP contribution >= 0.6 is 11.6 Å². The van der Waals surface area contributed by atoms with Crippen molar-refractivity contribution in [3.8, 4) is 0 Å². The zero-order valence-corrected chi connectivity index (χ0v) is 12.5. The monoisotopic (exact) mass is 299 g/mol. The quantitative estimate of drug-likeness (QED) is 0.782. The molecule has 5 heteroatoms. The molecule has 1 N–H and O–H groups in total. The predicted molar refractivity (Wildman–Crippen MR) is 85.0 cm³/mol. The van der Waals surface area contributed by atoms with Gasteiger partial charge in [-0.1, -0.05) is 17.7 Å². The Labute approximate surface area is 127 Å². The lowest BCUT2D eigenvalue weighted by Gasteiger charge is -2.17. The number of aromatic nitrogens is 2. The van der Waals surface area contributed by atoms with Crippen molar-refractivity contribution in [2.24, 2.45) is 0 Å². The minimum Gasteiger partial charge on any atom is -0.342 e. The van der Waals surface area contributed by atoms with Crippen molar-refractivity contribution >= 4 is 34.2 Å². The number of halogens is 1. The number of nitrogens with one attached hydrogen (secondary N) is 1. The lowest BCUT2D eigenvalue weighted by molar-refractivity contribution is 0.0993. The summed E-state index contributed by atoms with van der Waals surface area (Å²) in [5.41, 5.74) is 3.16. The Morgan fingerprint density at radius 2 is 2.05 bits per heavy atom. The van der Waals surface area contributed by atoms with Crippen LogP contribution in [0, 0.1) is 6.92 Å². The van der Waals surface area contributed by atoms with Gasteiger partial charge in [-0.05, 0) is 43.3 Å². The zero-order valence-electron chi connectivity index (χ0n) is 11.7. The Bertz CT molecular complexity index is 825. The molecule has 1 heterocycles. The number of H-pyrrole nitrogens is 1. The Morgan fingerprint density at radius 3 is 2.81 bits per heavy atom. The third-order valence-electron chi connectivity index (χ3n) is 3.35. The van der Waals surface area contributed by atoms with E-state index in [0.717, 1.165) is 22.5 Å². The number of rotatable bonds is 2. The van der Waals surface area contributed by atoms with Gasteiger partial charge in [0.1, 0.15) is 5.82 Å². The smallest absolute Gasteiger partial charge is 0.258 e. The van der Waals surface area contributed by atoms with Crippen molar-refractivity contribution < 1.29 is 4.79 Å². The molecule has 0 bridgehead atoms. The number of anilines is 1. The Morgan fingerprint density at radius 1 is 1.24 bits per heavy atom. The fourth-order valence-electron chi connectivity index (χ4n) is 2.27. The van der Waals surface area contributed by atoms with Crippen LogP contribution in [0.15, 0.2) is 42.5 Å². The van der Waals surface area contributed by atoms with E-state index < -0.39 is 0 Å². The van der Waals surface area contributed by atoms with Crippen LogP contribution in [0.25, 0.3) is 11.0 Å². The van der Waals surface area contributed by atoms with Crippen molar-refractivity contribution in [2.75, 3.05) is 11.9 Å². The van der Waals surface area contributed by atoms with Gasteiger partial charge in [-0.25, -0.2) is 4.98 Å². The number of aromatic amines is 1. The molecule has 0 spiro atoms. The number of benzene rings is 2. The highest BCUT2D eigenvalue weighted by molar-refractivity contribution is 6.31. The molecule has 1 amide bonds. The molecule has 21 heavy (non-hydrogen) atoms. The molecule has 0 aliphatic heterocycles. The zero-order chi connectivity index (χ0) is 15.0. The van der Waals surface area contributed by atoms with Gasteiger partial charge in [-0.15, -0.1) is 0 Å². The third kappa shape index (κ3) is 2.62. The third-order valence-corrected chi connectivity index (χ3v) is 3.58. The van der Waals surface area contributed by atoms with E-state index in [0.29, 0.717) is 10.6 Å². The van der Waals surface area contributed by atoms with Crippen molar-refractivity contribution in [2.45, 2.75) is 6.92 Å². The van der Waals surface area contributed by atoms with Crippen LogP contribution in [0.4, 0.5) is 5.69 Å². The van der Waals surface area contributed by atoms with Gasteiger partial charge in [0.25, 0.3) is 5.91 Å². The van der Waals surface area contributed by atoms with Gasteiger partial charge in [0, 0.05) is 23.3 Å².